The molecule has 7 nitrogen and oxygen atoms in total. The van der Waals surface area contributed by atoms with Crippen molar-refractivity contribution >= 4 is 56.5 Å². The number of hydrogen-bond donors (Lipinski definition) is 1. The van der Waals surface area contributed by atoms with Gasteiger partial charge in [-0.05, 0) is 57.4 Å². The topological polar surface area (TPSA) is 85.6 Å². The van der Waals surface area contributed by atoms with Crippen LogP contribution in [0.2, 0.25) is 0 Å². The highest BCUT2D eigenvalue weighted by molar-refractivity contribution is 8.00. The number of fused-ring (bicyclic) bond motifs is 3. The molecule has 0 radical (unpaired) electrons. The summed E-state index contributed by atoms with van der Waals surface area (Å²) in [7, 11) is 1.34. The lowest BCUT2D eigenvalue weighted by Crippen LogP contribution is -2.23. The highest BCUT2D eigenvalue weighted by atomic mass is 32.2. The van der Waals surface area contributed by atoms with E-state index in [1.54, 1.807) is 0 Å². The first-order valence-corrected chi connectivity index (χ1v) is 11.8. The second-order valence-corrected chi connectivity index (χ2v) is 10.2. The van der Waals surface area contributed by atoms with E-state index in [2.05, 4.69) is 41.5 Å². The van der Waals surface area contributed by atoms with Gasteiger partial charge in [0.25, 0.3) is 0 Å². The van der Waals surface area contributed by atoms with E-state index in [4.69, 9.17) is 4.74 Å². The number of pyridine rings is 1. The molecule has 0 saturated heterocycles. The van der Waals surface area contributed by atoms with Crippen LogP contribution in [0.4, 0.5) is 5.00 Å². The van der Waals surface area contributed by atoms with Gasteiger partial charge in [-0.1, -0.05) is 30.0 Å². The summed E-state index contributed by atoms with van der Waals surface area (Å²) in [5.74, 6) is -0.672. The lowest BCUT2D eigenvalue weighted by molar-refractivity contribution is -0.115. The number of amides is 1. The monoisotopic (exact) mass is 468 g/mol. The summed E-state index contributed by atoms with van der Waals surface area (Å²) < 4.78 is 6.90. The number of benzene rings is 1. The Morgan fingerprint density at radius 3 is 2.62 bits per heavy atom. The maximum absolute atomic E-state index is 13.0. The molecule has 9 heteroatoms. The molecule has 0 aliphatic rings. The van der Waals surface area contributed by atoms with Crippen molar-refractivity contribution in [2.75, 3.05) is 12.4 Å². The van der Waals surface area contributed by atoms with E-state index in [1.165, 1.54) is 30.2 Å². The molecule has 1 unspecified atom stereocenters. The number of thioether (sulfide) groups is 1. The van der Waals surface area contributed by atoms with Gasteiger partial charge in [0.2, 0.25) is 5.91 Å². The van der Waals surface area contributed by atoms with E-state index in [0.717, 1.165) is 38.1 Å². The third kappa shape index (κ3) is 3.75. The zero-order chi connectivity index (χ0) is 23.2. The number of aromatic nitrogens is 3. The number of ether oxygens (including phenoxy) is 1. The zero-order valence-corrected chi connectivity index (χ0v) is 20.4. The smallest absolute Gasteiger partial charge is 0.341 e. The summed E-state index contributed by atoms with van der Waals surface area (Å²) >= 11 is 2.70. The van der Waals surface area contributed by atoms with Crippen molar-refractivity contribution < 1.29 is 14.3 Å². The number of nitrogens with one attached hydrogen (secondary N) is 1. The number of para-hydroxylation sites is 1. The van der Waals surface area contributed by atoms with E-state index in [1.807, 2.05) is 37.3 Å². The third-order valence-corrected chi connectivity index (χ3v) is 7.72. The maximum Gasteiger partial charge on any atom is 0.341 e. The van der Waals surface area contributed by atoms with Crippen LogP contribution < -0.4 is 5.32 Å². The summed E-state index contributed by atoms with van der Waals surface area (Å²) in [5.41, 5.74) is 5.26. The first kappa shape index (κ1) is 22.3. The Labute approximate surface area is 194 Å². The van der Waals surface area contributed by atoms with Gasteiger partial charge in [0.15, 0.2) is 10.8 Å². The summed E-state index contributed by atoms with van der Waals surface area (Å²) in [5, 5.41) is 13.4. The largest absolute Gasteiger partial charge is 0.465 e. The van der Waals surface area contributed by atoms with Crippen LogP contribution in [0.5, 0.6) is 0 Å². The number of rotatable bonds is 5. The Kier molecular flexibility index (Phi) is 5.96. The second kappa shape index (κ2) is 8.55. The average Bonchev–Trinajstić information content (AvgIpc) is 3.27. The number of anilines is 1. The van der Waals surface area contributed by atoms with E-state index in [-0.39, 0.29) is 5.91 Å². The van der Waals surface area contributed by atoms with Gasteiger partial charge in [-0.3, -0.25) is 9.20 Å². The van der Waals surface area contributed by atoms with Gasteiger partial charge in [0.05, 0.1) is 23.4 Å². The van der Waals surface area contributed by atoms with Crippen LogP contribution in [0.15, 0.2) is 29.4 Å². The van der Waals surface area contributed by atoms with Gasteiger partial charge in [0.1, 0.15) is 5.00 Å². The number of carbonyl (C=O) groups excluding carboxylic acids is 2. The van der Waals surface area contributed by atoms with Gasteiger partial charge in [-0.25, -0.2) is 4.79 Å². The minimum atomic E-state index is -0.462. The van der Waals surface area contributed by atoms with Crippen LogP contribution in [-0.2, 0) is 9.53 Å². The predicted molar refractivity (Wildman–Crippen MR) is 129 cm³/mol. The molecular formula is C23H24N4O3S2. The van der Waals surface area contributed by atoms with Crippen LogP contribution in [0.1, 0.15) is 38.8 Å². The quantitative estimate of drug-likeness (QED) is 0.325. The first-order valence-electron chi connectivity index (χ1n) is 10.1. The molecule has 1 amide bonds. The van der Waals surface area contributed by atoms with E-state index in [9.17, 15) is 9.59 Å². The van der Waals surface area contributed by atoms with Crippen molar-refractivity contribution in [1.29, 1.82) is 0 Å². The fourth-order valence-corrected chi connectivity index (χ4v) is 5.61. The molecule has 4 rings (SSSR count). The van der Waals surface area contributed by atoms with Crippen molar-refractivity contribution in [3.8, 4) is 0 Å². The Morgan fingerprint density at radius 1 is 1.16 bits per heavy atom. The molecule has 0 saturated carbocycles. The average molecular weight is 469 g/mol. The fraction of sp³-hybridized carbons (Fsp3) is 0.304. The van der Waals surface area contributed by atoms with Crippen molar-refractivity contribution in [2.24, 2.45) is 0 Å². The van der Waals surface area contributed by atoms with Crippen LogP contribution in [-0.4, -0.2) is 38.8 Å². The Hall–Kier alpha value is -2.91. The normalized spacial score (nSPS) is 12.3. The van der Waals surface area contributed by atoms with Gasteiger partial charge >= 0.3 is 5.97 Å². The molecule has 166 valence electrons. The molecule has 0 aliphatic heterocycles. The number of methoxy groups -OCH3 is 1. The third-order valence-electron chi connectivity index (χ3n) is 5.55. The van der Waals surface area contributed by atoms with Crippen LogP contribution in [0.3, 0.4) is 0 Å². The molecule has 0 fully saturated rings. The number of thiophene rings is 1. The number of nitrogens with zero attached hydrogens (tertiary/aromatic N) is 3. The van der Waals surface area contributed by atoms with Gasteiger partial charge in [-0.15, -0.1) is 21.5 Å². The summed E-state index contributed by atoms with van der Waals surface area (Å²) in [6.07, 6.45) is 0. The summed E-state index contributed by atoms with van der Waals surface area (Å²) in [6, 6.07) is 8.18. The molecule has 0 aliphatic carbocycles. The lowest BCUT2D eigenvalue weighted by atomic mass is 10.1. The van der Waals surface area contributed by atoms with Gasteiger partial charge < -0.3 is 10.1 Å². The molecule has 0 spiro atoms. The highest BCUT2D eigenvalue weighted by Crippen LogP contribution is 2.34. The minimum Gasteiger partial charge on any atom is -0.465 e. The van der Waals surface area contributed by atoms with E-state index in [0.29, 0.717) is 15.7 Å². The van der Waals surface area contributed by atoms with E-state index >= 15 is 0 Å². The second-order valence-electron chi connectivity index (χ2n) is 7.70. The molecular weight excluding hydrogens is 444 g/mol. The molecule has 0 bridgehead atoms. The molecule has 1 atom stereocenters. The standard InChI is InChI=1S/C23H24N4O3S2/c1-11-8-7-9-16-12(2)10-17-25-26-23(27(17)19(11)16)32-15(5)20(28)24-21-18(22(29)30-6)13(3)14(4)31-21/h7-10,15H,1-6H3,(H,24,28). The summed E-state index contributed by atoms with van der Waals surface area (Å²) in [4.78, 5) is 26.2. The number of hydrogen-bond acceptors (Lipinski definition) is 7. The SMILES string of the molecule is COC(=O)c1c(NC(=O)C(C)Sc2nnc3cc(C)c4cccc(C)c4n23)sc(C)c1C. The number of carbonyl (C=O) groups is 2. The molecule has 32 heavy (non-hydrogen) atoms. The van der Waals surface area contributed by atoms with Gasteiger partial charge in [-0.2, -0.15) is 0 Å². The van der Waals surface area contributed by atoms with Crippen molar-refractivity contribution in [1.82, 2.24) is 14.6 Å². The maximum atomic E-state index is 13.0. The Morgan fingerprint density at radius 2 is 1.91 bits per heavy atom. The molecule has 4 aromatic rings. The first-order chi connectivity index (χ1) is 15.2. The molecule has 3 heterocycles. The zero-order valence-electron chi connectivity index (χ0n) is 18.8. The number of aryl methyl sites for hydroxylation is 3. The minimum absolute atomic E-state index is 0.216. The lowest BCUT2D eigenvalue weighted by Gasteiger charge is -2.13. The fourth-order valence-electron chi connectivity index (χ4n) is 3.69. The van der Waals surface area contributed by atoms with Crippen LogP contribution >= 0.6 is 23.1 Å². The van der Waals surface area contributed by atoms with Crippen molar-refractivity contribution in [3.63, 3.8) is 0 Å². The molecule has 3 aromatic heterocycles. The van der Waals surface area contributed by atoms with Crippen LogP contribution in [0, 0.1) is 27.7 Å². The molecule has 1 aromatic carbocycles. The molecule has 1 N–H and O–H groups in total. The van der Waals surface area contributed by atoms with E-state index < -0.39 is 11.2 Å². The number of esters is 1. The van der Waals surface area contributed by atoms with Crippen molar-refractivity contribution in [2.45, 2.75) is 45.0 Å². The Balaban J connectivity index is 1.66. The highest BCUT2D eigenvalue weighted by Gasteiger charge is 2.25. The summed E-state index contributed by atoms with van der Waals surface area (Å²) in [6.45, 7) is 9.70. The predicted octanol–water partition coefficient (Wildman–Crippen LogP) is 5.08. The van der Waals surface area contributed by atoms with Gasteiger partial charge in [0, 0.05) is 10.3 Å². The Bertz CT molecular complexity index is 1370. The van der Waals surface area contributed by atoms with Crippen molar-refractivity contribution in [3.05, 3.63) is 51.4 Å². The van der Waals surface area contributed by atoms with Crippen LogP contribution in [0.25, 0.3) is 16.6 Å².